The Morgan fingerprint density at radius 1 is 1.27 bits per heavy atom. The second-order valence-electron chi connectivity index (χ2n) is 5.97. The summed E-state index contributed by atoms with van der Waals surface area (Å²) in [7, 11) is 1.48. The number of fused-ring (bicyclic) bond motifs is 3. The lowest BCUT2D eigenvalue weighted by Gasteiger charge is -2.03. The number of rotatable bonds is 3. The van der Waals surface area contributed by atoms with Gasteiger partial charge in [-0.15, -0.1) is 0 Å². The average molecular weight is 348 g/mol. The van der Waals surface area contributed by atoms with E-state index in [9.17, 15) is 9.90 Å². The van der Waals surface area contributed by atoms with E-state index in [1.807, 2.05) is 25.1 Å². The number of H-pyrrole nitrogens is 1. The molecule has 0 saturated carbocycles. The van der Waals surface area contributed by atoms with Gasteiger partial charge in [-0.2, -0.15) is 9.78 Å². The fourth-order valence-corrected chi connectivity index (χ4v) is 2.86. The Balaban J connectivity index is 1.77. The number of aromatic amines is 1. The monoisotopic (exact) mass is 348 g/mol. The van der Waals surface area contributed by atoms with Crippen molar-refractivity contribution in [3.63, 3.8) is 0 Å². The number of aromatic nitrogens is 3. The molecule has 0 bridgehead atoms. The lowest BCUT2D eigenvalue weighted by molar-refractivity contribution is 0.373. The van der Waals surface area contributed by atoms with Crippen LogP contribution in [-0.2, 0) is 0 Å². The van der Waals surface area contributed by atoms with Crippen molar-refractivity contribution in [1.82, 2.24) is 14.6 Å². The van der Waals surface area contributed by atoms with Gasteiger partial charge in [0.25, 0.3) is 5.56 Å². The fourth-order valence-electron chi connectivity index (χ4n) is 2.86. The predicted octanol–water partition coefficient (Wildman–Crippen LogP) is 2.78. The summed E-state index contributed by atoms with van der Waals surface area (Å²) >= 11 is 0. The van der Waals surface area contributed by atoms with Gasteiger partial charge in [-0.25, -0.2) is 4.98 Å². The van der Waals surface area contributed by atoms with E-state index in [1.165, 1.54) is 25.7 Å². The molecule has 2 aromatic heterocycles. The van der Waals surface area contributed by atoms with Crippen LogP contribution in [0.3, 0.4) is 0 Å². The summed E-state index contributed by atoms with van der Waals surface area (Å²) in [5.41, 5.74) is 3.32. The summed E-state index contributed by atoms with van der Waals surface area (Å²) in [6.07, 6.45) is 2.86. The van der Waals surface area contributed by atoms with Crippen LogP contribution in [0.15, 0.2) is 52.6 Å². The summed E-state index contributed by atoms with van der Waals surface area (Å²) in [4.78, 5) is 20.2. The number of ether oxygens (including phenoxy) is 1. The molecule has 0 radical (unpaired) electrons. The van der Waals surface area contributed by atoms with E-state index < -0.39 is 0 Å². The first kappa shape index (κ1) is 15.9. The van der Waals surface area contributed by atoms with Gasteiger partial charge in [-0.3, -0.25) is 4.79 Å². The van der Waals surface area contributed by atoms with Crippen molar-refractivity contribution >= 4 is 28.2 Å². The zero-order valence-corrected chi connectivity index (χ0v) is 14.2. The smallest absolute Gasteiger partial charge is 0.298 e. The number of benzene rings is 2. The van der Waals surface area contributed by atoms with Gasteiger partial charge in [0, 0.05) is 10.9 Å². The van der Waals surface area contributed by atoms with Crippen molar-refractivity contribution in [1.29, 1.82) is 0 Å². The Hall–Kier alpha value is -3.61. The molecule has 0 aliphatic carbocycles. The molecule has 7 heteroatoms. The molecule has 0 atom stereocenters. The molecule has 2 heterocycles. The van der Waals surface area contributed by atoms with E-state index in [4.69, 9.17) is 4.74 Å². The van der Waals surface area contributed by atoms with Crippen LogP contribution in [0.25, 0.3) is 21.9 Å². The van der Waals surface area contributed by atoms with Gasteiger partial charge in [0.2, 0.25) is 0 Å². The molecule has 7 nitrogen and oxygen atoms in total. The van der Waals surface area contributed by atoms with Crippen LogP contribution < -0.4 is 10.3 Å². The summed E-state index contributed by atoms with van der Waals surface area (Å²) in [6, 6.07) is 10.8. The van der Waals surface area contributed by atoms with Crippen LogP contribution in [0.2, 0.25) is 0 Å². The van der Waals surface area contributed by atoms with Gasteiger partial charge in [0.1, 0.15) is 17.4 Å². The van der Waals surface area contributed by atoms with E-state index in [0.717, 1.165) is 21.1 Å². The number of aryl methyl sites for hydroxylation is 1. The molecule has 130 valence electrons. The third-order valence-corrected chi connectivity index (χ3v) is 4.18. The number of phenolic OH excluding ortho intramolecular Hbond substituents is 1. The molecule has 0 spiro atoms. The summed E-state index contributed by atoms with van der Waals surface area (Å²) in [5.74, 6) is 0.374. The third kappa shape index (κ3) is 2.59. The highest BCUT2D eigenvalue weighted by molar-refractivity contribution is 6.04. The van der Waals surface area contributed by atoms with Crippen LogP contribution in [0.4, 0.5) is 0 Å². The topological polar surface area (TPSA) is 92.5 Å². The number of hydrogen-bond acceptors (Lipinski definition) is 5. The summed E-state index contributed by atoms with van der Waals surface area (Å²) < 4.78 is 6.16. The SMILES string of the molecule is COc1ccc(C=Nn2cnc3c([nH]c4ccc(C)cc43)c2=O)cc1O. The maximum absolute atomic E-state index is 12.7. The van der Waals surface area contributed by atoms with Crippen LogP contribution in [0.5, 0.6) is 11.5 Å². The number of phenols is 1. The van der Waals surface area contributed by atoms with Crippen LogP contribution in [0.1, 0.15) is 11.1 Å². The Morgan fingerprint density at radius 2 is 2.12 bits per heavy atom. The van der Waals surface area contributed by atoms with Crippen molar-refractivity contribution in [3.05, 3.63) is 64.2 Å². The van der Waals surface area contributed by atoms with Gasteiger partial charge in [0.15, 0.2) is 11.5 Å². The average Bonchev–Trinajstić information content (AvgIpc) is 3.00. The van der Waals surface area contributed by atoms with Crippen molar-refractivity contribution in [2.45, 2.75) is 6.92 Å². The molecule has 0 fully saturated rings. The quantitative estimate of drug-likeness (QED) is 0.557. The first-order chi connectivity index (χ1) is 12.6. The number of methoxy groups -OCH3 is 1. The molecular formula is C19H16N4O3. The summed E-state index contributed by atoms with van der Waals surface area (Å²) in [6.45, 7) is 1.99. The Morgan fingerprint density at radius 3 is 2.88 bits per heavy atom. The molecule has 0 saturated heterocycles. The molecular weight excluding hydrogens is 332 g/mol. The van der Waals surface area contributed by atoms with Crippen molar-refractivity contribution < 1.29 is 9.84 Å². The molecule has 2 N–H and O–H groups in total. The van der Waals surface area contributed by atoms with Crippen LogP contribution >= 0.6 is 0 Å². The van der Waals surface area contributed by atoms with E-state index in [2.05, 4.69) is 15.1 Å². The zero-order chi connectivity index (χ0) is 18.3. The molecule has 0 unspecified atom stereocenters. The van der Waals surface area contributed by atoms with E-state index in [1.54, 1.807) is 12.1 Å². The Kier molecular flexibility index (Phi) is 3.69. The maximum atomic E-state index is 12.7. The van der Waals surface area contributed by atoms with Gasteiger partial charge in [-0.1, -0.05) is 11.6 Å². The van der Waals surface area contributed by atoms with Gasteiger partial charge < -0.3 is 14.8 Å². The normalized spacial score (nSPS) is 11.6. The van der Waals surface area contributed by atoms with E-state index >= 15 is 0 Å². The number of nitrogens with zero attached hydrogens (tertiary/aromatic N) is 3. The van der Waals surface area contributed by atoms with Gasteiger partial charge in [0.05, 0.1) is 13.3 Å². The number of aromatic hydroxyl groups is 1. The maximum Gasteiger partial charge on any atom is 0.298 e. The van der Waals surface area contributed by atoms with E-state index in [0.29, 0.717) is 22.3 Å². The minimum absolute atomic E-state index is 0.00311. The third-order valence-electron chi connectivity index (χ3n) is 4.18. The van der Waals surface area contributed by atoms with Crippen LogP contribution in [-0.4, -0.2) is 33.1 Å². The fraction of sp³-hybridized carbons (Fsp3) is 0.105. The van der Waals surface area contributed by atoms with Crippen LogP contribution in [0, 0.1) is 6.92 Å². The second kappa shape index (κ2) is 6.03. The summed E-state index contributed by atoms with van der Waals surface area (Å²) in [5, 5.41) is 14.9. The lowest BCUT2D eigenvalue weighted by atomic mass is 10.2. The Labute approximate surface area is 148 Å². The number of nitrogens with one attached hydrogen (secondary N) is 1. The molecule has 0 amide bonds. The molecule has 4 rings (SSSR count). The second-order valence-corrected chi connectivity index (χ2v) is 5.97. The largest absolute Gasteiger partial charge is 0.504 e. The van der Waals surface area contributed by atoms with Gasteiger partial charge >= 0.3 is 0 Å². The Bertz CT molecular complexity index is 1220. The highest BCUT2D eigenvalue weighted by Gasteiger charge is 2.10. The molecule has 26 heavy (non-hydrogen) atoms. The van der Waals surface area contributed by atoms with Gasteiger partial charge in [-0.05, 0) is 42.8 Å². The highest BCUT2D eigenvalue weighted by Crippen LogP contribution is 2.25. The van der Waals surface area contributed by atoms with Crippen molar-refractivity contribution in [2.75, 3.05) is 7.11 Å². The highest BCUT2D eigenvalue weighted by atomic mass is 16.5. The minimum Gasteiger partial charge on any atom is -0.504 e. The van der Waals surface area contributed by atoms with Crippen molar-refractivity contribution in [3.8, 4) is 11.5 Å². The van der Waals surface area contributed by atoms with Crippen molar-refractivity contribution in [2.24, 2.45) is 5.10 Å². The predicted molar refractivity (Wildman–Crippen MR) is 100 cm³/mol. The number of hydrogen-bond donors (Lipinski definition) is 2. The minimum atomic E-state index is -0.294. The zero-order valence-electron chi connectivity index (χ0n) is 14.2. The first-order valence-corrected chi connectivity index (χ1v) is 7.98. The molecule has 0 aliphatic rings. The first-order valence-electron chi connectivity index (χ1n) is 7.98. The molecule has 2 aromatic carbocycles. The molecule has 4 aromatic rings. The standard InChI is InChI=1S/C19H16N4O3/c1-11-3-5-14-13(7-11)17-18(22-14)19(25)23(10-20-17)21-9-12-4-6-16(26-2)15(24)8-12/h3-10,22,24H,1-2H3. The molecule has 0 aliphatic heterocycles. The lowest BCUT2D eigenvalue weighted by Crippen LogP contribution is -2.17. The van der Waals surface area contributed by atoms with E-state index in [-0.39, 0.29) is 11.3 Å².